The van der Waals surface area contributed by atoms with E-state index in [-0.39, 0.29) is 11.3 Å². The molecule has 10 heteroatoms. The first-order chi connectivity index (χ1) is 13.2. The molecule has 0 spiro atoms. The van der Waals surface area contributed by atoms with E-state index in [0.717, 1.165) is 12.1 Å². The van der Waals surface area contributed by atoms with Crippen LogP contribution in [0.4, 0.5) is 18.9 Å². The highest BCUT2D eigenvalue weighted by atomic mass is 32.2. The molecule has 6 nitrogen and oxygen atoms in total. The van der Waals surface area contributed by atoms with Gasteiger partial charge in [0.15, 0.2) is 0 Å². The van der Waals surface area contributed by atoms with Crippen LogP contribution in [0.15, 0.2) is 71.7 Å². The topological polar surface area (TPSA) is 83.4 Å². The number of nitrogens with one attached hydrogen (secondary N) is 1. The molecule has 1 heterocycles. The van der Waals surface area contributed by atoms with Gasteiger partial charge in [-0.2, -0.15) is 0 Å². The number of nitrogens with zero attached hydrogens (tertiary/aromatic N) is 1. The van der Waals surface area contributed by atoms with Gasteiger partial charge in [0, 0.05) is 34.9 Å². The number of halogens is 3. The minimum absolute atomic E-state index is 0.362. The van der Waals surface area contributed by atoms with Crippen LogP contribution < -0.4 is 15.0 Å². The van der Waals surface area contributed by atoms with E-state index in [1.165, 1.54) is 29.0 Å². The van der Waals surface area contributed by atoms with Gasteiger partial charge < -0.3 is 14.0 Å². The van der Waals surface area contributed by atoms with Crippen LogP contribution in [0.2, 0.25) is 0 Å². The average Bonchev–Trinajstić information content (AvgIpc) is 2.62. The number of hydrogen-bond donors (Lipinski definition) is 1. The number of benzene rings is 2. The zero-order chi connectivity index (χ0) is 20.3. The highest BCUT2D eigenvalue weighted by Crippen LogP contribution is 2.25. The largest absolute Gasteiger partial charge is 0.755 e. The van der Waals surface area contributed by atoms with Gasteiger partial charge in [-0.25, -0.2) is 0 Å². The predicted molar refractivity (Wildman–Crippen MR) is 96.7 cm³/mol. The van der Waals surface area contributed by atoms with E-state index in [4.69, 9.17) is 0 Å². The molecule has 0 aliphatic heterocycles. The second-order valence-corrected chi connectivity index (χ2v) is 6.26. The number of rotatable bonds is 5. The first-order valence-electron chi connectivity index (χ1n) is 7.76. The van der Waals surface area contributed by atoms with E-state index in [2.05, 4.69) is 9.46 Å². The Balaban J connectivity index is 1.89. The lowest BCUT2D eigenvalue weighted by Crippen LogP contribution is -2.18. The number of hydrogen-bond acceptors (Lipinski definition) is 4. The summed E-state index contributed by atoms with van der Waals surface area (Å²) in [5, 5.41) is 0. The maximum atomic E-state index is 12.3. The first kappa shape index (κ1) is 19.6. The number of anilines is 1. The standard InChI is InChI=1S/C18H13F3N2O4S/c19-18(20,21)27-16-8-6-15(7-9-16)23-11-13(3-10-17(23)24)12-1-4-14(5-2-12)22-28(25)26/h1-11,22H,(H,25,26)/p-1. The van der Waals surface area contributed by atoms with Gasteiger partial charge in [0.25, 0.3) is 5.56 Å². The Kier molecular flexibility index (Phi) is 5.52. The van der Waals surface area contributed by atoms with Crippen LogP contribution in [0.5, 0.6) is 5.75 Å². The van der Waals surface area contributed by atoms with Gasteiger partial charge in [0.05, 0.1) is 0 Å². The Morgan fingerprint density at radius 3 is 2.11 bits per heavy atom. The SMILES string of the molecule is O=c1ccc(-c2ccc(NS(=O)[O-])cc2)cn1-c1ccc(OC(F)(F)F)cc1. The third-order valence-electron chi connectivity index (χ3n) is 3.68. The molecular weight excluding hydrogens is 397 g/mol. The lowest BCUT2D eigenvalue weighted by atomic mass is 10.1. The monoisotopic (exact) mass is 409 g/mol. The minimum atomic E-state index is -4.79. The predicted octanol–water partition coefficient (Wildman–Crippen LogP) is 3.61. The van der Waals surface area contributed by atoms with Crippen LogP contribution in [-0.4, -0.2) is 19.7 Å². The van der Waals surface area contributed by atoms with Crippen molar-refractivity contribution < 1.29 is 26.7 Å². The summed E-state index contributed by atoms with van der Waals surface area (Å²) in [5.74, 6) is -0.390. The maximum Gasteiger partial charge on any atom is 0.573 e. The second kappa shape index (κ2) is 7.87. The van der Waals surface area contributed by atoms with Crippen molar-refractivity contribution in [3.8, 4) is 22.6 Å². The molecule has 0 amide bonds. The molecular formula is C18H12F3N2O4S-. The van der Waals surface area contributed by atoms with Gasteiger partial charge in [-0.3, -0.25) is 13.6 Å². The summed E-state index contributed by atoms with van der Waals surface area (Å²) in [4.78, 5) is 12.2. The van der Waals surface area contributed by atoms with Crippen molar-refractivity contribution in [3.63, 3.8) is 0 Å². The summed E-state index contributed by atoms with van der Waals surface area (Å²) in [6.07, 6.45) is -3.26. The van der Waals surface area contributed by atoms with E-state index in [0.29, 0.717) is 22.5 Å². The molecule has 1 unspecified atom stereocenters. The smallest absolute Gasteiger partial charge is 0.573 e. The molecule has 1 N–H and O–H groups in total. The van der Waals surface area contributed by atoms with Crippen molar-refractivity contribution in [2.45, 2.75) is 6.36 Å². The normalized spacial score (nSPS) is 12.4. The van der Waals surface area contributed by atoms with Crippen molar-refractivity contribution >= 4 is 17.0 Å². The van der Waals surface area contributed by atoms with E-state index in [1.54, 1.807) is 30.3 Å². The van der Waals surface area contributed by atoms with Crippen molar-refractivity contribution in [3.05, 3.63) is 77.2 Å². The van der Waals surface area contributed by atoms with Crippen LogP contribution in [0.1, 0.15) is 0 Å². The molecule has 1 atom stereocenters. The molecule has 0 aliphatic rings. The quantitative estimate of drug-likeness (QED) is 0.653. The van der Waals surface area contributed by atoms with Gasteiger partial charge in [0.1, 0.15) is 5.75 Å². The lowest BCUT2D eigenvalue weighted by Gasteiger charge is -2.12. The van der Waals surface area contributed by atoms with Crippen molar-refractivity contribution in [1.29, 1.82) is 0 Å². The molecule has 0 aliphatic carbocycles. The molecule has 0 saturated carbocycles. The summed E-state index contributed by atoms with van der Waals surface area (Å²) in [7, 11) is 0. The summed E-state index contributed by atoms with van der Waals surface area (Å²) in [5.41, 5.74) is 1.75. The van der Waals surface area contributed by atoms with E-state index < -0.39 is 17.6 Å². The number of alkyl halides is 3. The van der Waals surface area contributed by atoms with Gasteiger partial charge in [-0.05, 0) is 53.6 Å². The van der Waals surface area contributed by atoms with Crippen LogP contribution in [-0.2, 0) is 11.3 Å². The zero-order valence-corrected chi connectivity index (χ0v) is 14.8. The fourth-order valence-corrected chi connectivity index (χ4v) is 2.82. The third-order valence-corrected chi connectivity index (χ3v) is 4.08. The average molecular weight is 409 g/mol. The minimum Gasteiger partial charge on any atom is -0.755 e. The Morgan fingerprint density at radius 2 is 1.54 bits per heavy atom. The second-order valence-electron chi connectivity index (χ2n) is 5.58. The Labute approximate surface area is 159 Å². The van der Waals surface area contributed by atoms with Crippen molar-refractivity contribution in [2.24, 2.45) is 0 Å². The van der Waals surface area contributed by atoms with Crippen molar-refractivity contribution in [1.82, 2.24) is 4.57 Å². The Morgan fingerprint density at radius 1 is 0.929 bits per heavy atom. The summed E-state index contributed by atoms with van der Waals surface area (Å²) < 4.78 is 65.4. The molecule has 0 radical (unpaired) electrons. The zero-order valence-electron chi connectivity index (χ0n) is 14.0. The summed E-state index contributed by atoms with van der Waals surface area (Å²) >= 11 is -2.43. The molecule has 2 aromatic carbocycles. The van der Waals surface area contributed by atoms with Crippen molar-refractivity contribution in [2.75, 3.05) is 4.72 Å². The molecule has 1 aromatic heterocycles. The molecule has 0 bridgehead atoms. The molecule has 3 aromatic rings. The van der Waals surface area contributed by atoms with Gasteiger partial charge in [-0.1, -0.05) is 12.1 Å². The highest BCUT2D eigenvalue weighted by Gasteiger charge is 2.30. The van der Waals surface area contributed by atoms with Crippen LogP contribution in [0.25, 0.3) is 16.8 Å². The Hall–Kier alpha value is -3.11. The first-order valence-corrected chi connectivity index (χ1v) is 8.84. The lowest BCUT2D eigenvalue weighted by molar-refractivity contribution is -0.274. The maximum absolute atomic E-state index is 12.3. The molecule has 3 rings (SSSR count). The number of ether oxygens (including phenoxy) is 1. The van der Waals surface area contributed by atoms with E-state index in [9.17, 15) is 26.7 Å². The number of aromatic nitrogens is 1. The van der Waals surface area contributed by atoms with Crippen LogP contribution in [0, 0.1) is 0 Å². The third kappa shape index (κ3) is 4.99. The van der Waals surface area contributed by atoms with Crippen LogP contribution >= 0.6 is 0 Å². The van der Waals surface area contributed by atoms with E-state index >= 15 is 0 Å². The summed E-state index contributed by atoms with van der Waals surface area (Å²) in [6.45, 7) is 0. The molecule has 146 valence electrons. The fourth-order valence-electron chi connectivity index (χ4n) is 2.50. The molecule has 28 heavy (non-hydrogen) atoms. The number of pyridine rings is 1. The van der Waals surface area contributed by atoms with Gasteiger partial charge >= 0.3 is 6.36 Å². The highest BCUT2D eigenvalue weighted by molar-refractivity contribution is 7.80. The van der Waals surface area contributed by atoms with Gasteiger partial charge in [-0.15, -0.1) is 13.2 Å². The van der Waals surface area contributed by atoms with E-state index in [1.807, 2.05) is 0 Å². The van der Waals surface area contributed by atoms with Crippen LogP contribution in [0.3, 0.4) is 0 Å². The molecule has 0 fully saturated rings. The summed E-state index contributed by atoms with van der Waals surface area (Å²) in [6, 6.07) is 14.3. The van der Waals surface area contributed by atoms with Gasteiger partial charge in [0.2, 0.25) is 0 Å². The fraction of sp³-hybridized carbons (Fsp3) is 0.0556. The Bertz CT molecular complexity index is 1050. The molecule has 0 saturated heterocycles.